The molecule has 3 N–H and O–H groups in total. The summed E-state index contributed by atoms with van der Waals surface area (Å²) in [5, 5.41) is 16.2. The number of benzene rings is 3. The van der Waals surface area contributed by atoms with E-state index >= 15 is 0 Å². The number of ether oxygens (including phenoxy) is 2. The monoisotopic (exact) mass is 677 g/mol. The van der Waals surface area contributed by atoms with Crippen LogP contribution in [0, 0.1) is 17.8 Å². The summed E-state index contributed by atoms with van der Waals surface area (Å²) in [6.07, 6.45) is 14.4. The summed E-state index contributed by atoms with van der Waals surface area (Å²) >= 11 is 0. The number of hydrogen-bond donors (Lipinski definition) is 3. The Hall–Kier alpha value is -3.23. The van der Waals surface area contributed by atoms with Crippen LogP contribution in [-0.2, 0) is 22.6 Å². The molecule has 2 aliphatic heterocycles. The lowest BCUT2D eigenvalue weighted by Gasteiger charge is -2.56. The molecule has 6 fully saturated rings. The maximum atomic E-state index is 13.1. The van der Waals surface area contributed by atoms with Crippen molar-refractivity contribution >= 4 is 6.03 Å². The first-order chi connectivity index (χ1) is 24.5. The molecule has 4 saturated carbocycles. The van der Waals surface area contributed by atoms with Gasteiger partial charge in [-0.25, -0.2) is 4.79 Å². The van der Waals surface area contributed by atoms with E-state index in [-0.39, 0.29) is 30.4 Å². The Kier molecular flexibility index (Phi) is 10.3. The quantitative estimate of drug-likeness (QED) is 0.212. The minimum atomic E-state index is -0.455. The average molecular weight is 678 g/mol. The molecule has 2 saturated heterocycles. The van der Waals surface area contributed by atoms with Crippen LogP contribution >= 0.6 is 0 Å². The molecular weight excluding hydrogens is 622 g/mol. The van der Waals surface area contributed by atoms with Gasteiger partial charge >= 0.3 is 6.03 Å². The molecule has 4 aliphatic carbocycles. The number of nitrogens with zero attached hydrogens (tertiary/aromatic N) is 1. The molecule has 0 aromatic heterocycles. The molecule has 7 heteroatoms. The van der Waals surface area contributed by atoms with E-state index in [4.69, 9.17) is 9.47 Å². The van der Waals surface area contributed by atoms with E-state index in [2.05, 4.69) is 76.2 Å². The molecule has 7 nitrogen and oxygen atoms in total. The maximum Gasteiger partial charge on any atom is 0.315 e. The fraction of sp³-hybridized carbons (Fsp3) is 0.558. The van der Waals surface area contributed by atoms with Gasteiger partial charge in [-0.3, -0.25) is 0 Å². The first kappa shape index (κ1) is 33.9. The number of rotatable bonds is 9. The zero-order valence-electron chi connectivity index (χ0n) is 29.5. The van der Waals surface area contributed by atoms with E-state index in [1.54, 1.807) is 0 Å². The van der Waals surface area contributed by atoms with Gasteiger partial charge in [0.25, 0.3) is 0 Å². The van der Waals surface area contributed by atoms with E-state index in [1.165, 1.54) is 51.4 Å². The average Bonchev–Trinajstić information content (AvgIpc) is 3.11. The molecule has 2 amide bonds. The third kappa shape index (κ3) is 7.97. The van der Waals surface area contributed by atoms with Crippen molar-refractivity contribution in [3.05, 3.63) is 95.1 Å². The molecule has 3 aromatic rings. The second kappa shape index (κ2) is 15.2. The first-order valence-corrected chi connectivity index (χ1v) is 19.5. The van der Waals surface area contributed by atoms with E-state index in [0.717, 1.165) is 96.5 Å². The Morgan fingerprint density at radius 3 is 2.08 bits per heavy atom. The molecular formula is C43H55N3O4. The summed E-state index contributed by atoms with van der Waals surface area (Å²) in [5.74, 6) is 2.42. The number of likely N-dealkylation sites (tertiary alicyclic amines) is 1. The van der Waals surface area contributed by atoms with Gasteiger partial charge in [0.15, 0.2) is 6.29 Å². The number of carbonyl (C=O) groups excluding carboxylic acids is 1. The number of amides is 2. The molecule has 50 heavy (non-hydrogen) atoms. The van der Waals surface area contributed by atoms with Crippen LogP contribution in [0.4, 0.5) is 4.79 Å². The Labute approximate surface area is 298 Å². The van der Waals surface area contributed by atoms with Crippen LogP contribution in [0.5, 0.6) is 0 Å². The second-order valence-corrected chi connectivity index (χ2v) is 16.2. The van der Waals surface area contributed by atoms with E-state index in [9.17, 15) is 9.90 Å². The lowest BCUT2D eigenvalue weighted by Crippen LogP contribution is -2.61. The number of aliphatic hydroxyl groups is 1. The predicted molar refractivity (Wildman–Crippen MR) is 196 cm³/mol. The van der Waals surface area contributed by atoms with Gasteiger partial charge in [0.1, 0.15) is 0 Å². The summed E-state index contributed by atoms with van der Waals surface area (Å²) in [5.41, 5.74) is 6.41. The Balaban J connectivity index is 0.919. The Morgan fingerprint density at radius 2 is 1.40 bits per heavy atom. The minimum absolute atomic E-state index is 0.0190. The summed E-state index contributed by atoms with van der Waals surface area (Å²) in [6.45, 7) is 3.74. The van der Waals surface area contributed by atoms with Crippen LogP contribution in [0.15, 0.2) is 72.8 Å². The van der Waals surface area contributed by atoms with Crippen molar-refractivity contribution in [2.45, 2.75) is 114 Å². The van der Waals surface area contributed by atoms with Crippen LogP contribution in [0.3, 0.4) is 0 Å². The number of hydrogen-bond acceptors (Lipinski definition) is 5. The molecule has 3 atom stereocenters. The van der Waals surface area contributed by atoms with Crippen LogP contribution in [0.2, 0.25) is 0 Å². The fourth-order valence-electron chi connectivity index (χ4n) is 10.2. The highest BCUT2D eigenvalue weighted by Gasteiger charge is 2.51. The maximum absolute atomic E-state index is 13.1. The van der Waals surface area contributed by atoms with Crippen molar-refractivity contribution < 1.29 is 19.4 Å². The van der Waals surface area contributed by atoms with Gasteiger partial charge in [0.05, 0.1) is 18.8 Å². The largest absolute Gasteiger partial charge is 0.392 e. The molecule has 0 spiro atoms. The van der Waals surface area contributed by atoms with Crippen molar-refractivity contribution in [2.75, 3.05) is 19.6 Å². The molecule has 9 rings (SSSR count). The van der Waals surface area contributed by atoms with Gasteiger partial charge < -0.3 is 30.1 Å². The number of urea groups is 1. The van der Waals surface area contributed by atoms with Gasteiger partial charge in [0, 0.05) is 30.6 Å². The number of carbonyl (C=O) groups is 1. The first-order valence-electron chi connectivity index (χ1n) is 19.5. The van der Waals surface area contributed by atoms with Crippen LogP contribution in [-0.4, -0.2) is 47.3 Å². The number of aliphatic hydroxyl groups excluding tert-OH is 1. The van der Waals surface area contributed by atoms with Crippen molar-refractivity contribution in [1.29, 1.82) is 0 Å². The zero-order valence-corrected chi connectivity index (χ0v) is 29.5. The molecule has 6 aliphatic rings. The molecule has 3 aromatic carbocycles. The Bertz CT molecular complexity index is 1550. The van der Waals surface area contributed by atoms with E-state index in [1.807, 2.05) is 12.1 Å². The van der Waals surface area contributed by atoms with Gasteiger partial charge in [-0.1, -0.05) is 86.0 Å². The van der Waals surface area contributed by atoms with Crippen LogP contribution in [0.25, 0.3) is 11.1 Å². The smallest absolute Gasteiger partial charge is 0.315 e. The summed E-state index contributed by atoms with van der Waals surface area (Å²) in [4.78, 5) is 15.7. The highest BCUT2D eigenvalue weighted by atomic mass is 16.7. The van der Waals surface area contributed by atoms with Crippen molar-refractivity contribution in [3.8, 4) is 11.1 Å². The van der Waals surface area contributed by atoms with Crippen molar-refractivity contribution in [3.63, 3.8) is 0 Å². The third-order valence-corrected chi connectivity index (χ3v) is 12.3. The van der Waals surface area contributed by atoms with Crippen molar-refractivity contribution in [2.24, 2.45) is 17.8 Å². The standard InChI is InChI=1S/C43H55N3O4/c47-29-30-9-11-36(12-10-30)40-23-39(28-46-17-4-2-1-3-5-18-46)49-41(50-40)37-15-13-35(14-16-37)38-8-6-7-31(22-38)27-44-42(48)45-43-24-32-19-33(25-43)21-34(20-32)26-43/h6-16,22,32-34,39-41,47H,1-5,17-21,23-29H2,(H2,44,45,48)/t32?,33?,34?,39-,40+,41+,43?/m0/s1. The molecule has 2 heterocycles. The molecule has 4 bridgehead atoms. The lowest BCUT2D eigenvalue weighted by atomic mass is 9.53. The highest BCUT2D eigenvalue weighted by Crippen LogP contribution is 2.55. The summed E-state index contributed by atoms with van der Waals surface area (Å²) in [6, 6.07) is 25.2. The predicted octanol–water partition coefficient (Wildman–Crippen LogP) is 8.43. The third-order valence-electron chi connectivity index (χ3n) is 12.3. The van der Waals surface area contributed by atoms with Gasteiger partial charge in [0.2, 0.25) is 0 Å². The Morgan fingerprint density at radius 1 is 0.740 bits per heavy atom. The topological polar surface area (TPSA) is 83.1 Å². The minimum Gasteiger partial charge on any atom is -0.392 e. The summed E-state index contributed by atoms with van der Waals surface area (Å²) in [7, 11) is 0. The molecule has 266 valence electrons. The lowest BCUT2D eigenvalue weighted by molar-refractivity contribution is -0.253. The van der Waals surface area contributed by atoms with Crippen molar-refractivity contribution in [1.82, 2.24) is 15.5 Å². The molecule has 0 radical (unpaired) electrons. The zero-order chi connectivity index (χ0) is 33.9. The highest BCUT2D eigenvalue weighted by molar-refractivity contribution is 5.75. The van der Waals surface area contributed by atoms with Crippen LogP contribution in [0.1, 0.15) is 112 Å². The second-order valence-electron chi connectivity index (χ2n) is 16.2. The SMILES string of the molecule is O=C(NCc1cccc(-c2ccc([C@@H]3O[C@H](CN4CCCCCCC4)C[C@H](c4ccc(CO)cc4)O3)cc2)c1)NC12CC3CC(CC(C3)C1)C2. The van der Waals surface area contributed by atoms with Gasteiger partial charge in [-0.15, -0.1) is 0 Å². The normalized spacial score (nSPS) is 31.1. The van der Waals surface area contributed by atoms with E-state index < -0.39 is 6.29 Å². The fourth-order valence-corrected chi connectivity index (χ4v) is 10.2. The van der Waals surface area contributed by atoms with Gasteiger partial charge in [-0.2, -0.15) is 0 Å². The number of nitrogens with one attached hydrogen (secondary N) is 2. The summed E-state index contributed by atoms with van der Waals surface area (Å²) < 4.78 is 13.4. The van der Waals surface area contributed by atoms with Crippen LogP contribution < -0.4 is 10.6 Å². The van der Waals surface area contributed by atoms with E-state index in [0.29, 0.717) is 6.54 Å². The molecule has 0 unspecified atom stereocenters. The van der Waals surface area contributed by atoms with Gasteiger partial charge in [-0.05, 0) is 116 Å².